The lowest BCUT2D eigenvalue weighted by Crippen LogP contribution is -2.57. The Morgan fingerprint density at radius 3 is 2.31 bits per heavy atom. The maximum absolute atomic E-state index is 13.2. The Balaban J connectivity index is 2.11. The Morgan fingerprint density at radius 1 is 1.06 bits per heavy atom. The Hall–Kier alpha value is -4.01. The lowest BCUT2D eigenvalue weighted by Gasteiger charge is -2.29. The summed E-state index contributed by atoms with van der Waals surface area (Å²) in [5.41, 5.74) is 6.18. The fourth-order valence-electron chi connectivity index (χ4n) is 3.80. The molecule has 2 rings (SSSR count). The van der Waals surface area contributed by atoms with E-state index in [9.17, 15) is 33.9 Å². The number of likely N-dealkylation sites (tertiary alicyclic amines) is 1. The summed E-state index contributed by atoms with van der Waals surface area (Å²) in [7, 11) is 0. The first-order valence-corrected chi connectivity index (χ1v) is 11.3. The number of H-pyrrole nitrogens is 1. The number of imidazole rings is 1. The summed E-state index contributed by atoms with van der Waals surface area (Å²) in [6.07, 6.45) is 2.09. The van der Waals surface area contributed by atoms with Crippen molar-refractivity contribution >= 4 is 35.6 Å². The van der Waals surface area contributed by atoms with Gasteiger partial charge in [-0.1, -0.05) is 0 Å². The average Bonchev–Trinajstić information content (AvgIpc) is 3.51. The van der Waals surface area contributed by atoms with Gasteiger partial charge in [-0.05, 0) is 25.7 Å². The van der Waals surface area contributed by atoms with Crippen molar-refractivity contribution in [2.75, 3.05) is 6.54 Å². The minimum absolute atomic E-state index is 0.0622. The molecule has 1 fully saturated rings. The molecule has 0 radical (unpaired) electrons. The number of amides is 3. The second kappa shape index (κ2) is 13.2. The molecule has 1 aliphatic rings. The molecule has 3 amide bonds. The van der Waals surface area contributed by atoms with Crippen LogP contribution in [-0.2, 0) is 35.2 Å². The van der Waals surface area contributed by atoms with Gasteiger partial charge in [0, 0.05) is 37.7 Å². The Kier molecular flexibility index (Phi) is 10.3. The van der Waals surface area contributed by atoms with Gasteiger partial charge in [0.2, 0.25) is 17.7 Å². The third-order valence-corrected chi connectivity index (χ3v) is 5.70. The number of aromatic amines is 1. The highest BCUT2D eigenvalue weighted by Crippen LogP contribution is 2.20. The van der Waals surface area contributed by atoms with Crippen LogP contribution in [0.25, 0.3) is 0 Å². The van der Waals surface area contributed by atoms with Gasteiger partial charge in [0.1, 0.15) is 18.1 Å². The molecule has 0 aliphatic carbocycles. The smallest absolute Gasteiger partial charge is 0.326 e. The van der Waals surface area contributed by atoms with Gasteiger partial charge >= 0.3 is 17.9 Å². The molecule has 1 aliphatic heterocycles. The molecule has 1 aromatic heterocycles. The van der Waals surface area contributed by atoms with Gasteiger partial charge in [0.05, 0.1) is 12.4 Å². The van der Waals surface area contributed by atoms with Crippen molar-refractivity contribution in [3.05, 3.63) is 18.2 Å². The van der Waals surface area contributed by atoms with E-state index < -0.39 is 66.2 Å². The van der Waals surface area contributed by atoms with E-state index >= 15 is 0 Å². The summed E-state index contributed by atoms with van der Waals surface area (Å²) in [5, 5.41) is 32.1. The van der Waals surface area contributed by atoms with Gasteiger partial charge in [-0.2, -0.15) is 0 Å². The van der Waals surface area contributed by atoms with Crippen LogP contribution in [0.2, 0.25) is 0 Å². The maximum Gasteiger partial charge on any atom is 0.326 e. The van der Waals surface area contributed by atoms with Crippen LogP contribution in [0.15, 0.2) is 12.5 Å². The van der Waals surface area contributed by atoms with E-state index in [1.165, 1.54) is 17.4 Å². The largest absolute Gasteiger partial charge is 0.481 e. The van der Waals surface area contributed by atoms with E-state index in [-0.39, 0.29) is 38.6 Å². The van der Waals surface area contributed by atoms with Crippen LogP contribution in [0, 0.1) is 0 Å². The molecule has 2 heterocycles. The minimum Gasteiger partial charge on any atom is -0.481 e. The minimum atomic E-state index is -1.32. The topological polar surface area (TPSA) is 245 Å². The van der Waals surface area contributed by atoms with E-state index in [4.69, 9.17) is 15.9 Å². The molecule has 0 saturated carbocycles. The number of hydrogen-bond donors (Lipinski definition) is 7. The number of carbonyl (C=O) groups excluding carboxylic acids is 3. The third kappa shape index (κ3) is 8.33. The molecular formula is C21H30N6O9. The SMILES string of the molecule is NC(CCC(=O)O)C(=O)NC(CCC(=O)O)C(=O)N1CCCC1C(=O)NC(Cc1cnc[nH]1)C(=O)O. The number of carbonyl (C=O) groups is 6. The van der Waals surface area contributed by atoms with Crippen molar-refractivity contribution < 1.29 is 44.1 Å². The van der Waals surface area contributed by atoms with Gasteiger partial charge in [0.15, 0.2) is 0 Å². The van der Waals surface area contributed by atoms with Gasteiger partial charge in [0.25, 0.3) is 0 Å². The molecule has 0 aromatic carbocycles. The van der Waals surface area contributed by atoms with Gasteiger partial charge in [-0.3, -0.25) is 24.0 Å². The summed E-state index contributed by atoms with van der Waals surface area (Å²) >= 11 is 0. The first-order valence-electron chi connectivity index (χ1n) is 11.3. The molecule has 1 saturated heterocycles. The predicted octanol–water partition coefficient (Wildman–Crippen LogP) is -1.95. The summed E-state index contributed by atoms with van der Waals surface area (Å²) in [6.45, 7) is 0.139. The monoisotopic (exact) mass is 510 g/mol. The lowest BCUT2D eigenvalue weighted by molar-refractivity contribution is -0.145. The van der Waals surface area contributed by atoms with E-state index in [0.717, 1.165) is 0 Å². The van der Waals surface area contributed by atoms with Crippen molar-refractivity contribution in [1.82, 2.24) is 25.5 Å². The van der Waals surface area contributed by atoms with E-state index in [1.807, 2.05) is 0 Å². The second-order valence-corrected chi connectivity index (χ2v) is 8.40. The molecule has 1 aromatic rings. The van der Waals surface area contributed by atoms with Gasteiger partial charge in [-0.25, -0.2) is 9.78 Å². The van der Waals surface area contributed by atoms with Crippen molar-refractivity contribution in [2.45, 2.75) is 69.1 Å². The first kappa shape index (κ1) is 28.2. The molecule has 0 bridgehead atoms. The molecule has 15 nitrogen and oxygen atoms in total. The molecule has 0 spiro atoms. The number of rotatable bonds is 14. The number of aromatic nitrogens is 2. The zero-order chi connectivity index (χ0) is 26.8. The summed E-state index contributed by atoms with van der Waals surface area (Å²) < 4.78 is 0. The maximum atomic E-state index is 13.2. The van der Waals surface area contributed by atoms with Crippen LogP contribution in [0.3, 0.4) is 0 Å². The van der Waals surface area contributed by atoms with Crippen molar-refractivity contribution in [3.63, 3.8) is 0 Å². The Bertz CT molecular complexity index is 967. The fraction of sp³-hybridized carbons (Fsp3) is 0.571. The van der Waals surface area contributed by atoms with Gasteiger partial charge < -0.3 is 41.6 Å². The highest BCUT2D eigenvalue weighted by molar-refractivity contribution is 5.94. The molecular weight excluding hydrogens is 480 g/mol. The second-order valence-electron chi connectivity index (χ2n) is 8.40. The van der Waals surface area contributed by atoms with Crippen LogP contribution in [0.1, 0.15) is 44.2 Å². The summed E-state index contributed by atoms with van der Waals surface area (Å²) in [5.74, 6) is -5.89. The van der Waals surface area contributed by atoms with E-state index in [2.05, 4.69) is 20.6 Å². The number of hydrogen-bond acceptors (Lipinski definition) is 8. The van der Waals surface area contributed by atoms with Crippen molar-refractivity contribution in [2.24, 2.45) is 5.73 Å². The average molecular weight is 511 g/mol. The van der Waals surface area contributed by atoms with Crippen LogP contribution < -0.4 is 16.4 Å². The van der Waals surface area contributed by atoms with Crippen LogP contribution in [-0.4, -0.2) is 96.5 Å². The summed E-state index contributed by atoms with van der Waals surface area (Å²) in [6, 6.07) is -4.87. The molecule has 15 heteroatoms. The number of carboxylic acids is 3. The quantitative estimate of drug-likeness (QED) is 0.145. The van der Waals surface area contributed by atoms with E-state index in [1.54, 1.807) is 0 Å². The normalized spacial score (nSPS) is 17.6. The molecule has 36 heavy (non-hydrogen) atoms. The Morgan fingerprint density at radius 2 is 1.72 bits per heavy atom. The Labute approximate surface area is 205 Å². The standard InChI is InChI=1S/C21H30N6O9/c22-12(3-5-16(28)29)18(32)25-13(4-6-17(30)31)20(34)27-7-1-2-15(27)19(33)26-14(21(35)36)8-11-9-23-10-24-11/h9-10,12-15H,1-8,22H2,(H,23,24)(H,25,32)(H,26,33)(H,28,29)(H,30,31)(H,35,36). The predicted molar refractivity (Wildman–Crippen MR) is 120 cm³/mol. The van der Waals surface area contributed by atoms with Gasteiger partial charge in [-0.15, -0.1) is 0 Å². The van der Waals surface area contributed by atoms with Crippen LogP contribution >= 0.6 is 0 Å². The third-order valence-electron chi connectivity index (χ3n) is 5.70. The number of aliphatic carboxylic acids is 3. The lowest BCUT2D eigenvalue weighted by atomic mass is 10.1. The zero-order valence-corrected chi connectivity index (χ0v) is 19.4. The van der Waals surface area contributed by atoms with Crippen LogP contribution in [0.4, 0.5) is 0 Å². The number of nitrogens with one attached hydrogen (secondary N) is 3. The number of carboxylic acid groups (broad SMARTS) is 3. The molecule has 4 atom stereocenters. The van der Waals surface area contributed by atoms with Crippen LogP contribution in [0.5, 0.6) is 0 Å². The fourth-order valence-corrected chi connectivity index (χ4v) is 3.80. The molecule has 4 unspecified atom stereocenters. The van der Waals surface area contributed by atoms with Crippen molar-refractivity contribution in [1.29, 1.82) is 0 Å². The zero-order valence-electron chi connectivity index (χ0n) is 19.4. The number of nitrogens with two attached hydrogens (primary N) is 1. The van der Waals surface area contributed by atoms with E-state index in [0.29, 0.717) is 12.1 Å². The highest BCUT2D eigenvalue weighted by atomic mass is 16.4. The van der Waals surface area contributed by atoms with Crippen molar-refractivity contribution in [3.8, 4) is 0 Å². The molecule has 8 N–H and O–H groups in total. The molecule has 198 valence electrons. The first-order chi connectivity index (χ1) is 17.0. The number of nitrogens with zero attached hydrogens (tertiary/aromatic N) is 2. The highest BCUT2D eigenvalue weighted by Gasteiger charge is 2.39. The summed E-state index contributed by atoms with van der Waals surface area (Å²) in [4.78, 5) is 79.8.